The number of likely N-dealkylation sites (tertiary alicyclic amines) is 1. The summed E-state index contributed by atoms with van der Waals surface area (Å²) in [5, 5.41) is 0. The Balaban J connectivity index is 2.20. The molecule has 3 atom stereocenters. The van der Waals surface area contributed by atoms with Crippen molar-refractivity contribution in [3.05, 3.63) is 29.8 Å². The molecule has 1 heterocycles. The molecule has 0 amide bonds. The Morgan fingerprint density at radius 1 is 1.40 bits per heavy atom. The fraction of sp³-hybridized carbons (Fsp3) is 0.647. The predicted molar refractivity (Wildman–Crippen MR) is 84.0 cm³/mol. The zero-order valence-electron chi connectivity index (χ0n) is 13.0. The molecule has 1 aliphatic heterocycles. The van der Waals surface area contributed by atoms with Crippen molar-refractivity contribution < 1.29 is 4.74 Å². The van der Waals surface area contributed by atoms with E-state index in [0.717, 1.165) is 18.2 Å². The molecule has 1 saturated heterocycles. The number of nitrogens with two attached hydrogens (primary N) is 1. The van der Waals surface area contributed by atoms with Gasteiger partial charge in [0.25, 0.3) is 0 Å². The predicted octanol–water partition coefficient (Wildman–Crippen LogP) is 3.21. The molecule has 3 heteroatoms. The van der Waals surface area contributed by atoms with Gasteiger partial charge >= 0.3 is 0 Å². The molecule has 0 aliphatic carbocycles. The van der Waals surface area contributed by atoms with Gasteiger partial charge in [0.1, 0.15) is 5.75 Å². The van der Waals surface area contributed by atoms with Crippen molar-refractivity contribution in [3.63, 3.8) is 0 Å². The average molecular weight is 276 g/mol. The van der Waals surface area contributed by atoms with Crippen molar-refractivity contribution in [3.8, 4) is 5.75 Å². The summed E-state index contributed by atoms with van der Waals surface area (Å²) in [6, 6.07) is 9.30. The van der Waals surface area contributed by atoms with Crippen molar-refractivity contribution in [2.75, 3.05) is 19.7 Å². The van der Waals surface area contributed by atoms with E-state index in [1.54, 1.807) is 0 Å². The van der Waals surface area contributed by atoms with Crippen LogP contribution in [0, 0.1) is 5.92 Å². The van der Waals surface area contributed by atoms with E-state index in [2.05, 4.69) is 36.9 Å². The van der Waals surface area contributed by atoms with Gasteiger partial charge in [-0.05, 0) is 56.8 Å². The number of hydrogen-bond acceptors (Lipinski definition) is 3. The summed E-state index contributed by atoms with van der Waals surface area (Å²) in [6.45, 7) is 9.20. The first-order valence-electron chi connectivity index (χ1n) is 7.86. The topological polar surface area (TPSA) is 38.5 Å². The van der Waals surface area contributed by atoms with Crippen molar-refractivity contribution in [1.29, 1.82) is 0 Å². The second-order valence-corrected chi connectivity index (χ2v) is 5.85. The van der Waals surface area contributed by atoms with Gasteiger partial charge in [-0.1, -0.05) is 19.1 Å². The van der Waals surface area contributed by atoms with Crippen LogP contribution in [0.5, 0.6) is 5.75 Å². The second-order valence-electron chi connectivity index (χ2n) is 5.85. The van der Waals surface area contributed by atoms with Gasteiger partial charge in [-0.2, -0.15) is 0 Å². The summed E-state index contributed by atoms with van der Waals surface area (Å²) >= 11 is 0. The average Bonchev–Trinajstić information content (AvgIpc) is 2.45. The van der Waals surface area contributed by atoms with Crippen LogP contribution in [0.2, 0.25) is 0 Å². The van der Waals surface area contributed by atoms with E-state index in [0.29, 0.717) is 25.2 Å². The van der Waals surface area contributed by atoms with Crippen molar-refractivity contribution in [1.82, 2.24) is 4.90 Å². The molecule has 0 bridgehead atoms. The fourth-order valence-corrected chi connectivity index (χ4v) is 3.25. The fourth-order valence-electron chi connectivity index (χ4n) is 3.25. The van der Waals surface area contributed by atoms with Crippen molar-refractivity contribution >= 4 is 0 Å². The minimum absolute atomic E-state index is 0.299. The van der Waals surface area contributed by atoms with Crippen LogP contribution in [0.15, 0.2) is 24.3 Å². The van der Waals surface area contributed by atoms with E-state index in [4.69, 9.17) is 10.5 Å². The number of ether oxygens (including phenoxy) is 1. The maximum Gasteiger partial charge on any atom is 0.119 e. The van der Waals surface area contributed by atoms with Crippen LogP contribution in [0.25, 0.3) is 0 Å². The lowest BCUT2D eigenvalue weighted by Gasteiger charge is -2.42. The van der Waals surface area contributed by atoms with E-state index in [1.807, 2.05) is 13.0 Å². The third-order valence-corrected chi connectivity index (χ3v) is 4.60. The Morgan fingerprint density at radius 3 is 2.90 bits per heavy atom. The lowest BCUT2D eigenvalue weighted by Crippen LogP contribution is -2.46. The Labute approximate surface area is 123 Å². The van der Waals surface area contributed by atoms with Crippen LogP contribution in [-0.2, 0) is 0 Å². The number of rotatable bonds is 5. The highest BCUT2D eigenvalue weighted by atomic mass is 16.5. The molecule has 0 saturated carbocycles. The second kappa shape index (κ2) is 7.09. The van der Waals surface area contributed by atoms with Gasteiger partial charge in [0.2, 0.25) is 0 Å². The molecule has 1 aromatic carbocycles. The lowest BCUT2D eigenvalue weighted by atomic mass is 9.89. The molecule has 2 rings (SSSR count). The number of benzene rings is 1. The van der Waals surface area contributed by atoms with Crippen LogP contribution in [0.4, 0.5) is 0 Å². The number of piperidine rings is 1. The van der Waals surface area contributed by atoms with Gasteiger partial charge in [0, 0.05) is 18.6 Å². The molecule has 0 aromatic heterocycles. The minimum atomic E-state index is 0.299. The Bertz CT molecular complexity index is 421. The molecule has 0 radical (unpaired) electrons. The largest absolute Gasteiger partial charge is 0.494 e. The lowest BCUT2D eigenvalue weighted by molar-refractivity contribution is 0.0708. The van der Waals surface area contributed by atoms with Crippen LogP contribution in [0.3, 0.4) is 0 Å². The van der Waals surface area contributed by atoms with Gasteiger partial charge in [-0.15, -0.1) is 0 Å². The Morgan fingerprint density at radius 2 is 2.20 bits per heavy atom. The molecular formula is C17H28N2O. The SMILES string of the molecule is CCOc1cccc(C(CN)N2CCCC(C)C2C)c1. The van der Waals surface area contributed by atoms with Crippen molar-refractivity contribution in [2.24, 2.45) is 11.7 Å². The number of nitrogens with zero attached hydrogens (tertiary/aromatic N) is 1. The summed E-state index contributed by atoms with van der Waals surface area (Å²) in [7, 11) is 0. The molecule has 2 N–H and O–H groups in total. The highest BCUT2D eigenvalue weighted by Gasteiger charge is 2.30. The van der Waals surface area contributed by atoms with Crippen LogP contribution >= 0.6 is 0 Å². The van der Waals surface area contributed by atoms with Gasteiger partial charge < -0.3 is 10.5 Å². The third-order valence-electron chi connectivity index (χ3n) is 4.60. The maximum atomic E-state index is 6.08. The molecule has 20 heavy (non-hydrogen) atoms. The summed E-state index contributed by atoms with van der Waals surface area (Å²) in [6.07, 6.45) is 2.60. The van der Waals surface area contributed by atoms with Crippen LogP contribution in [-0.4, -0.2) is 30.6 Å². The summed E-state index contributed by atoms with van der Waals surface area (Å²) in [5.74, 6) is 1.69. The monoisotopic (exact) mass is 276 g/mol. The van der Waals surface area contributed by atoms with E-state index in [-0.39, 0.29) is 0 Å². The smallest absolute Gasteiger partial charge is 0.119 e. The van der Waals surface area contributed by atoms with Gasteiger partial charge in [-0.25, -0.2) is 0 Å². The quantitative estimate of drug-likeness (QED) is 0.897. The Kier molecular flexibility index (Phi) is 5.44. The molecule has 3 nitrogen and oxygen atoms in total. The zero-order chi connectivity index (χ0) is 14.5. The standard InChI is InChI=1S/C17H28N2O/c1-4-20-16-9-5-8-15(11-16)17(12-18)19-10-6-7-13(2)14(19)3/h5,8-9,11,13-14,17H,4,6-7,10,12,18H2,1-3H3. The summed E-state index contributed by atoms with van der Waals surface area (Å²) in [4.78, 5) is 2.57. The van der Waals surface area contributed by atoms with E-state index in [1.165, 1.54) is 18.4 Å². The van der Waals surface area contributed by atoms with Gasteiger partial charge in [0.05, 0.1) is 6.61 Å². The van der Waals surface area contributed by atoms with E-state index in [9.17, 15) is 0 Å². The minimum Gasteiger partial charge on any atom is -0.494 e. The molecule has 112 valence electrons. The first kappa shape index (κ1) is 15.3. The summed E-state index contributed by atoms with van der Waals surface area (Å²) < 4.78 is 5.62. The highest BCUT2D eigenvalue weighted by molar-refractivity contribution is 5.31. The molecule has 1 aromatic rings. The molecule has 1 fully saturated rings. The van der Waals surface area contributed by atoms with Gasteiger partial charge in [0.15, 0.2) is 0 Å². The van der Waals surface area contributed by atoms with Crippen LogP contribution < -0.4 is 10.5 Å². The van der Waals surface area contributed by atoms with E-state index >= 15 is 0 Å². The van der Waals surface area contributed by atoms with E-state index < -0.39 is 0 Å². The maximum absolute atomic E-state index is 6.08. The molecular weight excluding hydrogens is 248 g/mol. The molecule has 1 aliphatic rings. The molecule has 3 unspecified atom stereocenters. The van der Waals surface area contributed by atoms with Gasteiger partial charge in [-0.3, -0.25) is 4.90 Å². The van der Waals surface area contributed by atoms with Crippen LogP contribution in [0.1, 0.15) is 45.2 Å². The molecule has 0 spiro atoms. The normalized spacial score (nSPS) is 25.4. The number of hydrogen-bond donors (Lipinski definition) is 1. The summed E-state index contributed by atoms with van der Waals surface area (Å²) in [5.41, 5.74) is 7.36. The third kappa shape index (κ3) is 3.33. The first-order valence-corrected chi connectivity index (χ1v) is 7.86. The highest BCUT2D eigenvalue weighted by Crippen LogP contribution is 2.32. The van der Waals surface area contributed by atoms with Crippen molar-refractivity contribution in [2.45, 2.75) is 45.7 Å². The Hall–Kier alpha value is -1.06. The zero-order valence-corrected chi connectivity index (χ0v) is 13.0. The first-order chi connectivity index (χ1) is 9.67.